The zero-order chi connectivity index (χ0) is 16.8. The van der Waals surface area contributed by atoms with Gasteiger partial charge in [-0.15, -0.1) is 10.2 Å². The fourth-order valence-electron chi connectivity index (χ4n) is 1.90. The molecule has 2 aromatic rings. The third kappa shape index (κ3) is 5.03. The standard InChI is InChI=1S/C15H19N5O2S/c1-9(2)12(13(21)18-15-20-19-10(3)23-15)17-14(22)16-11-7-5-4-6-8-11/h4-9,12H,1-3H3,(H2,16,17,22)(H,18,20,21). The summed E-state index contributed by atoms with van der Waals surface area (Å²) >= 11 is 1.28. The van der Waals surface area contributed by atoms with Gasteiger partial charge in [-0.25, -0.2) is 4.79 Å². The Morgan fingerprint density at radius 2 is 1.78 bits per heavy atom. The van der Waals surface area contributed by atoms with Crippen LogP contribution in [0.2, 0.25) is 0 Å². The second kappa shape index (κ2) is 7.68. The second-order valence-corrected chi connectivity index (χ2v) is 6.48. The minimum absolute atomic E-state index is 0.0782. The first-order valence-corrected chi connectivity index (χ1v) is 8.01. The normalized spacial score (nSPS) is 11.8. The highest BCUT2D eigenvalue weighted by Crippen LogP contribution is 2.15. The maximum Gasteiger partial charge on any atom is 0.319 e. The SMILES string of the molecule is Cc1nnc(NC(=O)C(NC(=O)Nc2ccccc2)C(C)C)s1. The van der Waals surface area contributed by atoms with Crippen molar-refractivity contribution in [2.45, 2.75) is 26.8 Å². The molecule has 0 aliphatic rings. The number of para-hydroxylation sites is 1. The molecule has 7 nitrogen and oxygen atoms in total. The molecule has 0 bridgehead atoms. The molecular formula is C15H19N5O2S. The molecule has 122 valence electrons. The van der Waals surface area contributed by atoms with Gasteiger partial charge >= 0.3 is 6.03 Å². The second-order valence-electron chi connectivity index (χ2n) is 5.30. The molecule has 0 saturated carbocycles. The van der Waals surface area contributed by atoms with Gasteiger partial charge < -0.3 is 10.6 Å². The molecule has 3 N–H and O–H groups in total. The molecule has 2 rings (SSSR count). The Kier molecular flexibility index (Phi) is 5.64. The van der Waals surface area contributed by atoms with E-state index in [1.807, 2.05) is 32.0 Å². The van der Waals surface area contributed by atoms with Crippen molar-refractivity contribution in [1.82, 2.24) is 15.5 Å². The lowest BCUT2D eigenvalue weighted by Gasteiger charge is -2.21. The summed E-state index contributed by atoms with van der Waals surface area (Å²) in [6.07, 6.45) is 0. The molecule has 0 aliphatic heterocycles. The van der Waals surface area contributed by atoms with Crippen molar-refractivity contribution in [3.63, 3.8) is 0 Å². The number of aryl methyl sites for hydroxylation is 1. The van der Waals surface area contributed by atoms with E-state index in [1.165, 1.54) is 11.3 Å². The Bertz CT molecular complexity index is 672. The molecule has 1 heterocycles. The van der Waals surface area contributed by atoms with Gasteiger partial charge in [-0.1, -0.05) is 43.4 Å². The van der Waals surface area contributed by atoms with E-state index in [0.29, 0.717) is 10.8 Å². The number of nitrogens with one attached hydrogen (secondary N) is 3. The number of amides is 3. The predicted octanol–water partition coefficient (Wildman–Crippen LogP) is 2.63. The number of anilines is 2. The maximum absolute atomic E-state index is 12.3. The fraction of sp³-hybridized carbons (Fsp3) is 0.333. The third-order valence-corrected chi connectivity index (χ3v) is 3.78. The smallest absolute Gasteiger partial charge is 0.319 e. The lowest BCUT2D eigenvalue weighted by molar-refractivity contribution is -0.118. The van der Waals surface area contributed by atoms with Crippen LogP contribution in [0.25, 0.3) is 0 Å². The van der Waals surface area contributed by atoms with Crippen molar-refractivity contribution in [2.24, 2.45) is 5.92 Å². The number of urea groups is 1. The summed E-state index contributed by atoms with van der Waals surface area (Å²) in [4.78, 5) is 24.4. The van der Waals surface area contributed by atoms with E-state index in [2.05, 4.69) is 26.1 Å². The Morgan fingerprint density at radius 1 is 1.09 bits per heavy atom. The van der Waals surface area contributed by atoms with Crippen molar-refractivity contribution >= 4 is 34.1 Å². The lowest BCUT2D eigenvalue weighted by Crippen LogP contribution is -2.48. The number of rotatable bonds is 5. The van der Waals surface area contributed by atoms with Gasteiger partial charge in [0.25, 0.3) is 0 Å². The molecular weight excluding hydrogens is 314 g/mol. The highest BCUT2D eigenvalue weighted by molar-refractivity contribution is 7.15. The van der Waals surface area contributed by atoms with Gasteiger partial charge in [0.15, 0.2) is 0 Å². The minimum atomic E-state index is -0.678. The minimum Gasteiger partial charge on any atom is -0.326 e. The van der Waals surface area contributed by atoms with Gasteiger partial charge in [0, 0.05) is 5.69 Å². The van der Waals surface area contributed by atoms with Gasteiger partial charge in [0.05, 0.1) is 0 Å². The summed E-state index contributed by atoms with van der Waals surface area (Å²) in [5.41, 5.74) is 0.660. The van der Waals surface area contributed by atoms with Crippen molar-refractivity contribution in [3.05, 3.63) is 35.3 Å². The zero-order valence-corrected chi connectivity index (χ0v) is 14.0. The monoisotopic (exact) mass is 333 g/mol. The van der Waals surface area contributed by atoms with Gasteiger partial charge in [-0.2, -0.15) is 0 Å². The summed E-state index contributed by atoms with van der Waals surface area (Å²) in [5.74, 6) is -0.398. The predicted molar refractivity (Wildman–Crippen MR) is 90.5 cm³/mol. The van der Waals surface area contributed by atoms with E-state index >= 15 is 0 Å². The topological polar surface area (TPSA) is 96.0 Å². The van der Waals surface area contributed by atoms with E-state index in [0.717, 1.165) is 5.01 Å². The third-order valence-electron chi connectivity index (χ3n) is 3.02. The highest BCUT2D eigenvalue weighted by atomic mass is 32.1. The Labute approximate surface area is 138 Å². The first-order valence-electron chi connectivity index (χ1n) is 7.19. The van der Waals surface area contributed by atoms with Crippen LogP contribution in [-0.4, -0.2) is 28.2 Å². The molecule has 0 saturated heterocycles. The van der Waals surface area contributed by atoms with Crippen LogP contribution in [-0.2, 0) is 4.79 Å². The first kappa shape index (κ1) is 16.9. The summed E-state index contributed by atoms with van der Waals surface area (Å²) in [6, 6.07) is 7.93. The Morgan fingerprint density at radius 3 is 2.35 bits per heavy atom. The molecule has 0 radical (unpaired) electrons. The van der Waals surface area contributed by atoms with Crippen LogP contribution in [0, 0.1) is 12.8 Å². The van der Waals surface area contributed by atoms with Crippen molar-refractivity contribution in [1.29, 1.82) is 0 Å². The largest absolute Gasteiger partial charge is 0.326 e. The molecule has 1 aromatic carbocycles. The average molecular weight is 333 g/mol. The van der Waals surface area contributed by atoms with Gasteiger partial charge in [-0.05, 0) is 25.0 Å². The van der Waals surface area contributed by atoms with Crippen LogP contribution >= 0.6 is 11.3 Å². The summed E-state index contributed by atoms with van der Waals surface area (Å²) in [6.45, 7) is 5.52. The molecule has 0 fully saturated rings. The first-order chi connectivity index (χ1) is 11.0. The van der Waals surface area contributed by atoms with Crippen molar-refractivity contribution in [2.75, 3.05) is 10.6 Å². The lowest BCUT2D eigenvalue weighted by atomic mass is 10.0. The van der Waals surface area contributed by atoms with E-state index in [9.17, 15) is 9.59 Å². The Hall–Kier alpha value is -2.48. The molecule has 1 atom stereocenters. The number of benzene rings is 1. The fourth-order valence-corrected chi connectivity index (χ4v) is 2.49. The van der Waals surface area contributed by atoms with E-state index in [4.69, 9.17) is 0 Å². The van der Waals surface area contributed by atoms with Gasteiger partial charge in [-0.3, -0.25) is 10.1 Å². The number of hydrogen-bond acceptors (Lipinski definition) is 5. The quantitative estimate of drug-likeness (QED) is 0.783. The number of carbonyl (C=O) groups is 2. The molecule has 3 amide bonds. The van der Waals surface area contributed by atoms with Gasteiger partial charge in [0.1, 0.15) is 11.0 Å². The maximum atomic E-state index is 12.3. The molecule has 23 heavy (non-hydrogen) atoms. The van der Waals surface area contributed by atoms with Crippen LogP contribution < -0.4 is 16.0 Å². The summed E-state index contributed by atoms with van der Waals surface area (Å²) in [7, 11) is 0. The van der Waals surface area contributed by atoms with E-state index in [-0.39, 0.29) is 11.8 Å². The Balaban J connectivity index is 1.97. The molecule has 8 heteroatoms. The number of carbonyl (C=O) groups excluding carboxylic acids is 2. The van der Waals surface area contributed by atoms with Crippen LogP contribution in [0.4, 0.5) is 15.6 Å². The van der Waals surface area contributed by atoms with E-state index < -0.39 is 12.1 Å². The zero-order valence-electron chi connectivity index (χ0n) is 13.2. The molecule has 0 aliphatic carbocycles. The highest BCUT2D eigenvalue weighted by Gasteiger charge is 2.25. The summed E-state index contributed by atoms with van der Waals surface area (Å²) < 4.78 is 0. The molecule has 1 aromatic heterocycles. The van der Waals surface area contributed by atoms with Crippen molar-refractivity contribution in [3.8, 4) is 0 Å². The summed E-state index contributed by atoms with van der Waals surface area (Å²) in [5, 5.41) is 16.9. The number of nitrogens with zero attached hydrogens (tertiary/aromatic N) is 2. The van der Waals surface area contributed by atoms with Crippen molar-refractivity contribution < 1.29 is 9.59 Å². The van der Waals surface area contributed by atoms with E-state index in [1.54, 1.807) is 19.1 Å². The van der Waals surface area contributed by atoms with Crippen LogP contribution in [0.3, 0.4) is 0 Å². The number of aromatic nitrogens is 2. The number of hydrogen-bond donors (Lipinski definition) is 3. The molecule has 1 unspecified atom stereocenters. The van der Waals surface area contributed by atoms with Gasteiger partial charge in [0.2, 0.25) is 11.0 Å². The van der Waals surface area contributed by atoms with Crippen LogP contribution in [0.5, 0.6) is 0 Å². The molecule has 0 spiro atoms. The van der Waals surface area contributed by atoms with Crippen LogP contribution in [0.1, 0.15) is 18.9 Å². The van der Waals surface area contributed by atoms with Crippen LogP contribution in [0.15, 0.2) is 30.3 Å². The average Bonchev–Trinajstić information content (AvgIpc) is 2.90.